The molecule has 0 saturated carbocycles. The van der Waals surface area contributed by atoms with Gasteiger partial charge in [0.2, 0.25) is 6.41 Å². The number of aliphatic hydroxyl groups is 3. The number of hydrogen-bond donors (Lipinski definition) is 3. The summed E-state index contributed by atoms with van der Waals surface area (Å²) in [5, 5.41) is 34.0. The fourth-order valence-electron chi connectivity index (χ4n) is 8.43. The van der Waals surface area contributed by atoms with Gasteiger partial charge in [0.1, 0.15) is 24.4 Å². The minimum atomic E-state index is -0.940. The average molecular weight is 947 g/mol. The van der Waals surface area contributed by atoms with Crippen LogP contribution in [0.4, 0.5) is 0 Å². The molecule has 1 aliphatic rings. The number of likely N-dealkylation sites (N-methyl/N-ethyl adjacent to an activating group) is 1. The third-order valence-electron chi connectivity index (χ3n) is 13.7. The molecule has 1 aliphatic heterocycles. The normalized spacial score (nSPS) is 30.4. The van der Waals surface area contributed by atoms with Crippen LogP contribution in [0, 0.1) is 41.4 Å². The molecule has 0 radical (unpaired) electrons. The number of nitrogens with zero attached hydrogens (tertiary/aromatic N) is 2. The number of carbonyl (C=O) groups is 4. The van der Waals surface area contributed by atoms with Crippen molar-refractivity contribution in [2.45, 2.75) is 175 Å². The second-order valence-electron chi connectivity index (χ2n) is 19.6. The number of amides is 1. The highest BCUT2D eigenvalue weighted by Gasteiger charge is 2.37. The standard InChI is InChI=1S/C53H90N2O12/c1-34-24-25-35(2)46(64-15)28-26-36(3)50(60)39(6)45(58)21-17-16-18-23-49(59)66-47(22-19-20-44(32-34)63-14)40(7)51(61)37(4)27-29-48(67-53(62)42(9)54(11)12)41(8)52(65-43(10)57)38(5)30-31-55(13)33-56/h16-20,23,25,30-31,33-34,36-42,44-48,50-52,58,60-61H,21-22,24,26-29,32H2,1-15H3/b17-16+,20-19+,23-18+,31-30+,35-25+. The number of hydrogen-bond acceptors (Lipinski definition) is 13. The lowest BCUT2D eigenvalue weighted by molar-refractivity contribution is -0.165. The molecule has 384 valence electrons. The van der Waals surface area contributed by atoms with Crippen LogP contribution in [0.3, 0.4) is 0 Å². The maximum atomic E-state index is 13.4. The second-order valence-corrected chi connectivity index (χ2v) is 19.6. The van der Waals surface area contributed by atoms with E-state index in [4.69, 9.17) is 23.7 Å². The molecule has 1 heterocycles. The largest absolute Gasteiger partial charge is 0.462 e. The lowest BCUT2D eigenvalue weighted by atomic mass is 9.82. The Morgan fingerprint density at radius 1 is 0.925 bits per heavy atom. The molecule has 1 amide bonds. The van der Waals surface area contributed by atoms with Gasteiger partial charge >= 0.3 is 17.9 Å². The Hall–Kier alpha value is -3.66. The first-order chi connectivity index (χ1) is 31.5. The molecule has 0 saturated heterocycles. The predicted octanol–water partition coefficient (Wildman–Crippen LogP) is 7.61. The summed E-state index contributed by atoms with van der Waals surface area (Å²) in [7, 11) is 8.54. The summed E-state index contributed by atoms with van der Waals surface area (Å²) in [4.78, 5) is 53.5. The van der Waals surface area contributed by atoms with Crippen LogP contribution >= 0.6 is 0 Å². The van der Waals surface area contributed by atoms with E-state index in [9.17, 15) is 34.5 Å². The molecule has 16 atom stereocenters. The summed E-state index contributed by atoms with van der Waals surface area (Å²) < 4.78 is 29.8. The summed E-state index contributed by atoms with van der Waals surface area (Å²) in [6.45, 7) is 18.6. The Morgan fingerprint density at radius 2 is 1.60 bits per heavy atom. The lowest BCUT2D eigenvalue weighted by Gasteiger charge is -2.35. The van der Waals surface area contributed by atoms with Crippen molar-refractivity contribution >= 4 is 24.3 Å². The average Bonchev–Trinajstić information content (AvgIpc) is 3.29. The van der Waals surface area contributed by atoms with Crippen LogP contribution in [0.25, 0.3) is 0 Å². The van der Waals surface area contributed by atoms with Crippen LogP contribution in [0.5, 0.6) is 0 Å². The first kappa shape index (κ1) is 61.4. The van der Waals surface area contributed by atoms with E-state index >= 15 is 0 Å². The maximum Gasteiger partial charge on any atom is 0.331 e. The van der Waals surface area contributed by atoms with E-state index in [0.717, 1.165) is 31.3 Å². The number of ether oxygens (including phenoxy) is 5. The van der Waals surface area contributed by atoms with Gasteiger partial charge in [-0.15, -0.1) is 0 Å². The zero-order chi connectivity index (χ0) is 51.0. The van der Waals surface area contributed by atoms with Gasteiger partial charge in [-0.25, -0.2) is 4.79 Å². The van der Waals surface area contributed by atoms with Gasteiger partial charge in [-0.05, 0) is 96.2 Å². The minimum Gasteiger partial charge on any atom is -0.462 e. The Balaban J connectivity index is 3.50. The molecular weight excluding hydrogens is 857 g/mol. The lowest BCUT2D eigenvalue weighted by Crippen LogP contribution is -2.43. The Bertz CT molecular complexity index is 1610. The third-order valence-corrected chi connectivity index (χ3v) is 13.7. The van der Waals surface area contributed by atoms with Crippen LogP contribution in [0.1, 0.15) is 121 Å². The van der Waals surface area contributed by atoms with Gasteiger partial charge in [-0.2, -0.15) is 0 Å². The van der Waals surface area contributed by atoms with Gasteiger partial charge in [0.15, 0.2) is 0 Å². The summed E-state index contributed by atoms with van der Waals surface area (Å²) in [6, 6.07) is -0.551. The highest BCUT2D eigenvalue weighted by atomic mass is 16.6. The Kier molecular flexibility index (Phi) is 29.5. The number of aliphatic hydroxyl groups excluding tert-OH is 3. The Labute approximate surface area is 403 Å². The predicted molar refractivity (Wildman–Crippen MR) is 263 cm³/mol. The molecule has 0 spiro atoms. The van der Waals surface area contributed by atoms with E-state index in [-0.39, 0.29) is 48.2 Å². The van der Waals surface area contributed by atoms with Crippen molar-refractivity contribution < 1.29 is 58.2 Å². The SMILES string of the molecule is COC1/C=C/CC(C(C)C(O)C(C)CCC(OC(=O)C(C)N(C)C)C(C)C(OC(C)=O)C(C)/C=C/N(C)C=O)OC(=O)/C=C/C=C/CC(O)C(C)C(O)C(C)CCC(OC)/C(C)=C/CC(C)C1. The van der Waals surface area contributed by atoms with Gasteiger partial charge in [-0.1, -0.05) is 91.0 Å². The van der Waals surface area contributed by atoms with Crippen molar-refractivity contribution in [3.8, 4) is 0 Å². The van der Waals surface area contributed by atoms with E-state index in [1.165, 1.54) is 17.9 Å². The minimum absolute atomic E-state index is 0.0566. The smallest absolute Gasteiger partial charge is 0.331 e. The monoisotopic (exact) mass is 947 g/mol. The van der Waals surface area contributed by atoms with Crippen molar-refractivity contribution in [2.24, 2.45) is 41.4 Å². The quantitative estimate of drug-likeness (QED) is 0.0529. The summed E-state index contributed by atoms with van der Waals surface area (Å²) in [5.41, 5.74) is 1.13. The van der Waals surface area contributed by atoms with Crippen LogP contribution in [0.2, 0.25) is 0 Å². The third kappa shape index (κ3) is 22.5. The van der Waals surface area contributed by atoms with Gasteiger partial charge in [-0.3, -0.25) is 19.3 Å². The van der Waals surface area contributed by atoms with Gasteiger partial charge in [0.25, 0.3) is 0 Å². The molecule has 67 heavy (non-hydrogen) atoms. The molecule has 14 heteroatoms. The van der Waals surface area contributed by atoms with Crippen LogP contribution in [-0.2, 0) is 42.9 Å². The van der Waals surface area contributed by atoms with E-state index in [2.05, 4.69) is 19.9 Å². The molecule has 1 rings (SSSR count). The number of carbonyl (C=O) groups excluding carboxylic acids is 4. The van der Waals surface area contributed by atoms with Crippen molar-refractivity contribution in [1.82, 2.24) is 9.80 Å². The molecule has 0 aromatic rings. The topological polar surface area (TPSA) is 182 Å². The summed E-state index contributed by atoms with van der Waals surface area (Å²) >= 11 is 0. The van der Waals surface area contributed by atoms with Crippen LogP contribution in [0.15, 0.2) is 60.4 Å². The van der Waals surface area contributed by atoms with E-state index < -0.39 is 72.4 Å². The highest BCUT2D eigenvalue weighted by molar-refractivity contribution is 5.82. The fourth-order valence-corrected chi connectivity index (χ4v) is 8.43. The number of methoxy groups -OCH3 is 2. The molecule has 3 N–H and O–H groups in total. The molecule has 0 bridgehead atoms. The van der Waals surface area contributed by atoms with Gasteiger partial charge in [0.05, 0.1) is 30.5 Å². The maximum absolute atomic E-state index is 13.4. The van der Waals surface area contributed by atoms with Crippen molar-refractivity contribution in [2.75, 3.05) is 35.4 Å². The van der Waals surface area contributed by atoms with Crippen LogP contribution < -0.4 is 0 Å². The number of rotatable bonds is 18. The van der Waals surface area contributed by atoms with Gasteiger partial charge < -0.3 is 43.9 Å². The first-order valence-corrected chi connectivity index (χ1v) is 24.4. The second kappa shape index (κ2) is 32.2. The van der Waals surface area contributed by atoms with E-state index in [0.29, 0.717) is 25.7 Å². The van der Waals surface area contributed by atoms with Crippen molar-refractivity contribution in [3.05, 3.63) is 60.4 Å². The molecule has 0 aliphatic carbocycles. The van der Waals surface area contributed by atoms with Crippen molar-refractivity contribution in [3.63, 3.8) is 0 Å². The zero-order valence-electron chi connectivity index (χ0n) is 43.6. The van der Waals surface area contributed by atoms with Crippen molar-refractivity contribution in [1.29, 1.82) is 0 Å². The summed E-state index contributed by atoms with van der Waals surface area (Å²) in [5.74, 6) is -3.39. The molecule has 14 nitrogen and oxygen atoms in total. The first-order valence-electron chi connectivity index (χ1n) is 24.4. The fraction of sp³-hybridized carbons (Fsp3) is 0.736. The Morgan fingerprint density at radius 3 is 2.19 bits per heavy atom. The number of cyclic esters (lactones) is 1. The molecular formula is C53H90N2O12. The zero-order valence-corrected chi connectivity index (χ0v) is 43.6. The van der Waals surface area contributed by atoms with E-state index in [1.54, 1.807) is 77.7 Å². The van der Waals surface area contributed by atoms with Gasteiger partial charge in [0, 0.05) is 70.6 Å². The van der Waals surface area contributed by atoms with Crippen LogP contribution in [-0.4, -0.2) is 140 Å². The molecule has 0 aromatic heterocycles. The molecule has 0 fully saturated rings. The molecule has 16 unspecified atom stereocenters. The highest BCUT2D eigenvalue weighted by Crippen LogP contribution is 2.31. The molecule has 0 aromatic carbocycles. The van der Waals surface area contributed by atoms with E-state index in [1.807, 2.05) is 53.7 Å². The number of esters is 3. The number of allylic oxidation sites excluding steroid dienone is 3. The summed E-state index contributed by atoms with van der Waals surface area (Å²) in [6.07, 6.45) is 15.9.